The third-order valence-corrected chi connectivity index (χ3v) is 6.18. The molecule has 0 saturated carbocycles. The third-order valence-electron chi connectivity index (χ3n) is 5.93. The molecule has 0 bridgehead atoms. The van der Waals surface area contributed by atoms with Crippen LogP contribution in [-0.2, 0) is 0 Å². The molecule has 2 N–H and O–H groups in total. The van der Waals surface area contributed by atoms with Crippen LogP contribution in [0.15, 0.2) is 78.9 Å². The molecule has 1 aliphatic heterocycles. The number of aliphatic hydroxyl groups excluding tert-OH is 1. The second kappa shape index (κ2) is 11.2. The van der Waals surface area contributed by atoms with E-state index in [0.29, 0.717) is 29.2 Å². The minimum atomic E-state index is -0.494. The van der Waals surface area contributed by atoms with Crippen LogP contribution in [0.25, 0.3) is 0 Å². The van der Waals surface area contributed by atoms with Gasteiger partial charge in [-0.3, -0.25) is 9.59 Å². The molecular weight excluding hydrogens is 452 g/mol. The number of halogens is 1. The average molecular weight is 479 g/mol. The Morgan fingerprint density at radius 2 is 1.56 bits per heavy atom. The highest BCUT2D eigenvalue weighted by Crippen LogP contribution is 2.22. The molecule has 6 nitrogen and oxygen atoms in total. The van der Waals surface area contributed by atoms with Crippen molar-refractivity contribution in [3.05, 3.63) is 101 Å². The van der Waals surface area contributed by atoms with E-state index >= 15 is 0 Å². The van der Waals surface area contributed by atoms with Gasteiger partial charge in [-0.05, 0) is 54.1 Å². The smallest absolute Gasteiger partial charge is 0.253 e. The Morgan fingerprint density at radius 1 is 0.941 bits per heavy atom. The van der Waals surface area contributed by atoms with E-state index in [2.05, 4.69) is 5.32 Å². The lowest BCUT2D eigenvalue weighted by atomic mass is 10.0. The quantitative estimate of drug-likeness (QED) is 0.524. The lowest BCUT2D eigenvalue weighted by Crippen LogP contribution is -2.41. The number of ether oxygens (including phenoxy) is 1. The number of amides is 2. The molecular formula is C27H27ClN2O4. The van der Waals surface area contributed by atoms with Crippen LogP contribution >= 0.6 is 11.6 Å². The molecule has 34 heavy (non-hydrogen) atoms. The predicted octanol–water partition coefficient (Wildman–Crippen LogP) is 4.49. The maximum absolute atomic E-state index is 12.9. The molecule has 1 saturated heterocycles. The van der Waals surface area contributed by atoms with Crippen molar-refractivity contribution in [2.45, 2.75) is 25.0 Å². The van der Waals surface area contributed by atoms with Crippen LogP contribution in [-0.4, -0.2) is 47.6 Å². The zero-order chi connectivity index (χ0) is 23.9. The first-order valence-corrected chi connectivity index (χ1v) is 11.7. The van der Waals surface area contributed by atoms with Crippen LogP contribution in [0, 0.1) is 0 Å². The summed E-state index contributed by atoms with van der Waals surface area (Å²) < 4.78 is 6.00. The Morgan fingerprint density at radius 3 is 2.18 bits per heavy atom. The molecule has 1 aliphatic rings. The topological polar surface area (TPSA) is 78.9 Å². The van der Waals surface area contributed by atoms with Crippen molar-refractivity contribution < 1.29 is 19.4 Å². The van der Waals surface area contributed by atoms with E-state index in [1.54, 1.807) is 36.4 Å². The number of likely N-dealkylation sites (tertiary alicyclic amines) is 1. The van der Waals surface area contributed by atoms with Gasteiger partial charge in [0.25, 0.3) is 11.8 Å². The second-order valence-electron chi connectivity index (χ2n) is 8.26. The minimum Gasteiger partial charge on any atom is -0.490 e. The summed E-state index contributed by atoms with van der Waals surface area (Å²) in [4.78, 5) is 27.4. The zero-order valence-electron chi connectivity index (χ0n) is 18.7. The molecule has 0 spiro atoms. The number of carbonyl (C=O) groups excluding carboxylic acids is 2. The maximum Gasteiger partial charge on any atom is 0.253 e. The molecule has 0 aliphatic carbocycles. The van der Waals surface area contributed by atoms with E-state index in [0.717, 1.165) is 24.2 Å². The summed E-state index contributed by atoms with van der Waals surface area (Å²) in [6, 6.07) is 22.7. The highest BCUT2D eigenvalue weighted by atomic mass is 35.5. The van der Waals surface area contributed by atoms with Gasteiger partial charge in [0.2, 0.25) is 0 Å². The van der Waals surface area contributed by atoms with Gasteiger partial charge in [0, 0.05) is 42.1 Å². The molecule has 3 aromatic rings. The number of aliphatic hydroxyl groups is 1. The van der Waals surface area contributed by atoms with Crippen molar-refractivity contribution in [3.8, 4) is 5.75 Å². The highest BCUT2D eigenvalue weighted by Gasteiger charge is 2.25. The monoisotopic (exact) mass is 478 g/mol. The molecule has 0 aromatic heterocycles. The Hall–Kier alpha value is -3.35. The summed E-state index contributed by atoms with van der Waals surface area (Å²) in [6.45, 7) is 1.01. The first-order valence-electron chi connectivity index (χ1n) is 11.3. The molecule has 4 rings (SSSR count). The van der Waals surface area contributed by atoms with E-state index in [4.69, 9.17) is 16.3 Å². The summed E-state index contributed by atoms with van der Waals surface area (Å²) in [5.74, 6) is 0.412. The highest BCUT2D eigenvalue weighted by molar-refractivity contribution is 6.30. The lowest BCUT2D eigenvalue weighted by Gasteiger charge is -2.32. The Bertz CT molecular complexity index is 1100. The van der Waals surface area contributed by atoms with E-state index in [9.17, 15) is 14.7 Å². The minimum absolute atomic E-state index is 0.0559. The van der Waals surface area contributed by atoms with Gasteiger partial charge in [0.1, 0.15) is 11.9 Å². The van der Waals surface area contributed by atoms with Gasteiger partial charge >= 0.3 is 0 Å². The number of carbonyl (C=O) groups is 2. The van der Waals surface area contributed by atoms with E-state index in [1.807, 2.05) is 47.4 Å². The fourth-order valence-corrected chi connectivity index (χ4v) is 4.12. The Kier molecular flexibility index (Phi) is 7.83. The molecule has 7 heteroatoms. The van der Waals surface area contributed by atoms with Crippen molar-refractivity contribution in [1.82, 2.24) is 10.2 Å². The van der Waals surface area contributed by atoms with Crippen molar-refractivity contribution in [1.29, 1.82) is 0 Å². The first-order chi connectivity index (χ1) is 16.5. The predicted molar refractivity (Wildman–Crippen MR) is 131 cm³/mol. The number of nitrogens with zero attached hydrogens (tertiary/aromatic N) is 1. The van der Waals surface area contributed by atoms with Gasteiger partial charge in [-0.1, -0.05) is 41.9 Å². The summed E-state index contributed by atoms with van der Waals surface area (Å²) in [7, 11) is 0. The molecule has 176 valence electrons. The standard InChI is InChI=1S/C27H27ClN2O4/c28-22-10-12-23(13-11-22)34-24-14-16-30(17-15-24)27(33)21-8-6-20(7-9-21)26(32)29-25(18-31)19-4-2-1-3-5-19/h1-13,24-25,31H,14-18H2,(H,29,32)/t25-/m1/s1. The molecule has 1 atom stereocenters. The van der Waals surface area contributed by atoms with E-state index in [-0.39, 0.29) is 24.5 Å². The van der Waals surface area contributed by atoms with Crippen molar-refractivity contribution in [3.63, 3.8) is 0 Å². The van der Waals surface area contributed by atoms with Crippen molar-refractivity contribution in [2.75, 3.05) is 19.7 Å². The van der Waals surface area contributed by atoms with Crippen LogP contribution in [0.5, 0.6) is 5.75 Å². The zero-order valence-corrected chi connectivity index (χ0v) is 19.4. The van der Waals surface area contributed by atoms with Gasteiger partial charge in [-0.15, -0.1) is 0 Å². The molecule has 1 heterocycles. The molecule has 1 fully saturated rings. The summed E-state index contributed by atoms with van der Waals surface area (Å²) in [5, 5.41) is 13.2. The van der Waals surface area contributed by atoms with E-state index in [1.165, 1.54) is 0 Å². The number of rotatable bonds is 7. The number of nitrogens with one attached hydrogen (secondary N) is 1. The fourth-order valence-electron chi connectivity index (χ4n) is 3.99. The van der Waals surface area contributed by atoms with Gasteiger partial charge in [0.15, 0.2) is 0 Å². The van der Waals surface area contributed by atoms with Crippen LogP contribution in [0.2, 0.25) is 5.02 Å². The fraction of sp³-hybridized carbons (Fsp3) is 0.259. The summed E-state index contributed by atoms with van der Waals surface area (Å²) in [5.41, 5.74) is 1.80. The molecule has 0 unspecified atom stereocenters. The van der Waals surface area contributed by atoms with Crippen LogP contribution in [0.1, 0.15) is 45.2 Å². The largest absolute Gasteiger partial charge is 0.490 e. The Balaban J connectivity index is 1.30. The lowest BCUT2D eigenvalue weighted by molar-refractivity contribution is 0.0595. The van der Waals surface area contributed by atoms with Crippen LogP contribution < -0.4 is 10.1 Å². The number of hydrogen-bond acceptors (Lipinski definition) is 4. The number of piperidine rings is 1. The summed E-state index contributed by atoms with van der Waals surface area (Å²) in [6.07, 6.45) is 1.55. The van der Waals surface area contributed by atoms with Gasteiger partial charge in [0.05, 0.1) is 12.6 Å². The maximum atomic E-state index is 12.9. The normalized spacial score (nSPS) is 14.9. The van der Waals surface area contributed by atoms with Crippen molar-refractivity contribution in [2.24, 2.45) is 0 Å². The number of benzene rings is 3. The van der Waals surface area contributed by atoms with Crippen LogP contribution in [0.4, 0.5) is 0 Å². The Labute approximate surface area is 204 Å². The average Bonchev–Trinajstić information content (AvgIpc) is 2.89. The van der Waals surface area contributed by atoms with E-state index < -0.39 is 6.04 Å². The SMILES string of the molecule is O=C(N[C@H](CO)c1ccccc1)c1ccc(C(=O)N2CCC(Oc3ccc(Cl)cc3)CC2)cc1. The third kappa shape index (κ3) is 5.95. The van der Waals surface area contributed by atoms with Gasteiger partial charge in [-0.25, -0.2) is 0 Å². The first kappa shape index (κ1) is 23.8. The van der Waals surface area contributed by atoms with Crippen LogP contribution in [0.3, 0.4) is 0 Å². The molecule has 2 amide bonds. The summed E-state index contributed by atoms with van der Waals surface area (Å²) >= 11 is 5.92. The van der Waals surface area contributed by atoms with Gasteiger partial charge in [-0.2, -0.15) is 0 Å². The number of hydrogen-bond donors (Lipinski definition) is 2. The van der Waals surface area contributed by atoms with Crippen molar-refractivity contribution >= 4 is 23.4 Å². The van der Waals surface area contributed by atoms with Gasteiger partial charge < -0.3 is 20.1 Å². The molecule has 3 aromatic carbocycles. The molecule has 0 radical (unpaired) electrons. The second-order valence-corrected chi connectivity index (χ2v) is 8.70.